The van der Waals surface area contributed by atoms with Gasteiger partial charge in [0.2, 0.25) is 0 Å². The first-order chi connectivity index (χ1) is 7.40. The fraction of sp³-hybridized carbons (Fsp3) is 1.00. The van der Waals surface area contributed by atoms with Crippen molar-refractivity contribution in [3.8, 4) is 0 Å². The number of nitrogens with zero attached hydrogens (tertiary/aromatic N) is 1. The second-order valence-corrected chi connectivity index (χ2v) is 5.89. The van der Waals surface area contributed by atoms with Crippen LogP contribution in [0, 0.1) is 0 Å². The molecule has 0 amide bonds. The highest BCUT2D eigenvalue weighted by Gasteiger charge is 2.25. The molecule has 1 saturated heterocycles. The van der Waals surface area contributed by atoms with E-state index in [9.17, 15) is 0 Å². The van der Waals surface area contributed by atoms with Crippen LogP contribution < -0.4 is 5.32 Å². The predicted octanol–water partition coefficient (Wildman–Crippen LogP) is 1.96. The summed E-state index contributed by atoms with van der Waals surface area (Å²) >= 11 is 2.05. The van der Waals surface area contributed by atoms with Gasteiger partial charge in [0.15, 0.2) is 0 Å². The SMILES string of the molecule is CSC1CCCC1NCCN1CCCC1. The molecule has 88 valence electrons. The Hall–Kier alpha value is 0.270. The highest BCUT2D eigenvalue weighted by molar-refractivity contribution is 7.99. The zero-order valence-electron chi connectivity index (χ0n) is 9.87. The Morgan fingerprint density at radius 3 is 2.73 bits per heavy atom. The van der Waals surface area contributed by atoms with Gasteiger partial charge in [0.1, 0.15) is 0 Å². The average molecular weight is 228 g/mol. The third kappa shape index (κ3) is 3.36. The maximum Gasteiger partial charge on any atom is 0.0198 e. The number of nitrogens with one attached hydrogen (secondary N) is 1. The zero-order valence-corrected chi connectivity index (χ0v) is 10.7. The minimum atomic E-state index is 0.794. The van der Waals surface area contributed by atoms with Gasteiger partial charge in [-0.05, 0) is 45.0 Å². The highest BCUT2D eigenvalue weighted by Crippen LogP contribution is 2.28. The van der Waals surface area contributed by atoms with Crippen molar-refractivity contribution in [2.75, 3.05) is 32.4 Å². The van der Waals surface area contributed by atoms with Gasteiger partial charge in [-0.1, -0.05) is 6.42 Å². The largest absolute Gasteiger partial charge is 0.312 e. The summed E-state index contributed by atoms with van der Waals surface area (Å²) in [5.74, 6) is 0. The lowest BCUT2D eigenvalue weighted by atomic mass is 10.2. The molecule has 15 heavy (non-hydrogen) atoms. The molecule has 1 aliphatic heterocycles. The van der Waals surface area contributed by atoms with Crippen molar-refractivity contribution in [1.82, 2.24) is 10.2 Å². The quantitative estimate of drug-likeness (QED) is 0.774. The van der Waals surface area contributed by atoms with Gasteiger partial charge in [-0.25, -0.2) is 0 Å². The smallest absolute Gasteiger partial charge is 0.0198 e. The summed E-state index contributed by atoms with van der Waals surface area (Å²) in [4.78, 5) is 2.59. The van der Waals surface area contributed by atoms with Crippen molar-refractivity contribution in [3.63, 3.8) is 0 Å². The highest BCUT2D eigenvalue weighted by atomic mass is 32.2. The first-order valence-corrected chi connectivity index (χ1v) is 7.67. The van der Waals surface area contributed by atoms with Crippen LogP contribution in [0.15, 0.2) is 0 Å². The summed E-state index contributed by atoms with van der Waals surface area (Å²) in [5, 5.41) is 4.63. The maximum absolute atomic E-state index is 3.75. The second kappa shape index (κ2) is 6.12. The lowest BCUT2D eigenvalue weighted by Crippen LogP contribution is -2.39. The normalized spacial score (nSPS) is 32.6. The standard InChI is InChI=1S/C12H24N2S/c1-15-12-6-4-5-11(12)13-7-10-14-8-2-3-9-14/h11-13H,2-10H2,1H3. The summed E-state index contributed by atoms with van der Waals surface area (Å²) in [7, 11) is 0. The van der Waals surface area contributed by atoms with Gasteiger partial charge in [-0.2, -0.15) is 11.8 Å². The van der Waals surface area contributed by atoms with Gasteiger partial charge in [0, 0.05) is 24.4 Å². The Bertz CT molecular complexity index is 180. The summed E-state index contributed by atoms with van der Waals surface area (Å²) < 4.78 is 0. The topological polar surface area (TPSA) is 15.3 Å². The number of hydrogen-bond acceptors (Lipinski definition) is 3. The van der Waals surface area contributed by atoms with E-state index in [4.69, 9.17) is 0 Å². The molecule has 2 nitrogen and oxygen atoms in total. The van der Waals surface area contributed by atoms with E-state index in [1.807, 2.05) is 11.8 Å². The average Bonchev–Trinajstić information content (AvgIpc) is 2.88. The first kappa shape index (κ1) is 11.7. The van der Waals surface area contributed by atoms with Crippen molar-refractivity contribution in [1.29, 1.82) is 0 Å². The van der Waals surface area contributed by atoms with Gasteiger partial charge in [0.05, 0.1) is 0 Å². The Morgan fingerprint density at radius 1 is 1.20 bits per heavy atom. The molecule has 2 rings (SSSR count). The molecule has 0 bridgehead atoms. The molecule has 0 radical (unpaired) electrons. The van der Waals surface area contributed by atoms with Crippen LogP contribution in [0.25, 0.3) is 0 Å². The molecule has 1 saturated carbocycles. The van der Waals surface area contributed by atoms with Crippen LogP contribution in [-0.4, -0.2) is 48.6 Å². The van der Waals surface area contributed by atoms with Crippen molar-refractivity contribution < 1.29 is 0 Å². The van der Waals surface area contributed by atoms with Crippen LogP contribution in [0.3, 0.4) is 0 Å². The van der Waals surface area contributed by atoms with Crippen LogP contribution in [-0.2, 0) is 0 Å². The predicted molar refractivity (Wildman–Crippen MR) is 68.6 cm³/mol. The molecule has 2 atom stereocenters. The molecule has 0 aromatic heterocycles. The molecule has 0 spiro atoms. The van der Waals surface area contributed by atoms with Gasteiger partial charge in [-0.3, -0.25) is 0 Å². The number of rotatable bonds is 5. The minimum absolute atomic E-state index is 0.794. The van der Waals surface area contributed by atoms with Crippen LogP contribution in [0.5, 0.6) is 0 Å². The van der Waals surface area contributed by atoms with E-state index < -0.39 is 0 Å². The molecule has 2 unspecified atom stereocenters. The number of likely N-dealkylation sites (tertiary alicyclic amines) is 1. The third-order valence-electron chi connectivity index (χ3n) is 3.79. The van der Waals surface area contributed by atoms with Gasteiger partial charge in [-0.15, -0.1) is 0 Å². The summed E-state index contributed by atoms with van der Waals surface area (Å²) in [6.07, 6.45) is 9.32. The molecule has 1 heterocycles. The Morgan fingerprint density at radius 2 is 2.00 bits per heavy atom. The third-order valence-corrected chi connectivity index (χ3v) is 4.96. The molecule has 0 aromatic carbocycles. The molecule has 1 aliphatic carbocycles. The summed E-state index contributed by atoms with van der Waals surface area (Å²) in [5.41, 5.74) is 0. The van der Waals surface area contributed by atoms with Crippen LogP contribution in [0.4, 0.5) is 0 Å². The van der Waals surface area contributed by atoms with E-state index in [0.29, 0.717) is 0 Å². The Kier molecular flexibility index (Phi) is 4.79. The molecular weight excluding hydrogens is 204 g/mol. The minimum Gasteiger partial charge on any atom is -0.312 e. The zero-order chi connectivity index (χ0) is 10.5. The van der Waals surface area contributed by atoms with Gasteiger partial charge >= 0.3 is 0 Å². The Balaban J connectivity index is 1.60. The van der Waals surface area contributed by atoms with Crippen molar-refractivity contribution >= 4 is 11.8 Å². The van der Waals surface area contributed by atoms with E-state index in [2.05, 4.69) is 16.5 Å². The van der Waals surface area contributed by atoms with Gasteiger partial charge in [0.25, 0.3) is 0 Å². The molecular formula is C12H24N2S. The molecule has 0 aromatic rings. The monoisotopic (exact) mass is 228 g/mol. The van der Waals surface area contributed by atoms with Gasteiger partial charge < -0.3 is 10.2 Å². The van der Waals surface area contributed by atoms with E-state index >= 15 is 0 Å². The Labute approximate surface area is 98.2 Å². The number of hydrogen-bond donors (Lipinski definition) is 1. The second-order valence-electron chi connectivity index (χ2n) is 4.81. The van der Waals surface area contributed by atoms with Crippen LogP contribution >= 0.6 is 11.8 Å². The molecule has 3 heteroatoms. The lowest BCUT2D eigenvalue weighted by Gasteiger charge is -2.21. The molecule has 2 fully saturated rings. The fourth-order valence-corrected chi connectivity index (χ4v) is 3.82. The maximum atomic E-state index is 3.75. The summed E-state index contributed by atoms with van der Waals surface area (Å²) in [6, 6.07) is 0.794. The molecule has 2 aliphatic rings. The van der Waals surface area contributed by atoms with E-state index in [-0.39, 0.29) is 0 Å². The number of thioether (sulfide) groups is 1. The van der Waals surface area contributed by atoms with Crippen molar-refractivity contribution in [3.05, 3.63) is 0 Å². The summed E-state index contributed by atoms with van der Waals surface area (Å²) in [6.45, 7) is 5.12. The van der Waals surface area contributed by atoms with E-state index in [1.165, 1.54) is 58.3 Å². The first-order valence-electron chi connectivity index (χ1n) is 6.38. The van der Waals surface area contributed by atoms with E-state index in [1.54, 1.807) is 0 Å². The fourth-order valence-electron chi connectivity index (χ4n) is 2.86. The lowest BCUT2D eigenvalue weighted by molar-refractivity contribution is 0.328. The van der Waals surface area contributed by atoms with Crippen LogP contribution in [0.1, 0.15) is 32.1 Å². The van der Waals surface area contributed by atoms with Crippen molar-refractivity contribution in [2.45, 2.75) is 43.4 Å². The van der Waals surface area contributed by atoms with Crippen molar-refractivity contribution in [2.24, 2.45) is 0 Å². The molecule has 1 N–H and O–H groups in total. The van der Waals surface area contributed by atoms with E-state index in [0.717, 1.165) is 11.3 Å². The van der Waals surface area contributed by atoms with Crippen LogP contribution in [0.2, 0.25) is 0 Å².